The van der Waals surface area contributed by atoms with Crippen LogP contribution in [-0.4, -0.2) is 39.2 Å². The van der Waals surface area contributed by atoms with E-state index < -0.39 is 5.97 Å². The number of benzene rings is 3. The van der Waals surface area contributed by atoms with Crippen molar-refractivity contribution in [1.29, 1.82) is 0 Å². The first-order chi connectivity index (χ1) is 19.1. The van der Waals surface area contributed by atoms with Crippen LogP contribution in [0.3, 0.4) is 0 Å². The molecule has 0 spiro atoms. The van der Waals surface area contributed by atoms with E-state index in [1.165, 1.54) is 0 Å². The number of aromatic nitrogens is 4. The van der Waals surface area contributed by atoms with E-state index in [2.05, 4.69) is 15.3 Å². The summed E-state index contributed by atoms with van der Waals surface area (Å²) in [6.45, 7) is 4.90. The minimum atomic E-state index is -0.424. The molecule has 8 heteroatoms. The van der Waals surface area contributed by atoms with Gasteiger partial charge in [0.25, 0.3) is 0 Å². The van der Waals surface area contributed by atoms with Gasteiger partial charge in [0.15, 0.2) is 5.69 Å². The molecule has 5 rings (SSSR count). The van der Waals surface area contributed by atoms with Crippen LogP contribution in [0.15, 0.2) is 89.3 Å². The summed E-state index contributed by atoms with van der Waals surface area (Å²) in [6, 6.07) is 27.5. The smallest absolute Gasteiger partial charge is 0.358 e. The van der Waals surface area contributed by atoms with Crippen LogP contribution in [0.2, 0.25) is 0 Å². The van der Waals surface area contributed by atoms with Crippen LogP contribution >= 0.6 is 0 Å². The van der Waals surface area contributed by atoms with E-state index in [0.717, 1.165) is 33.9 Å². The van der Waals surface area contributed by atoms with Gasteiger partial charge in [-0.15, -0.1) is 5.10 Å². The number of hydrogen-bond acceptors (Lipinski definition) is 7. The van der Waals surface area contributed by atoms with E-state index >= 15 is 0 Å². The molecule has 3 aromatic carbocycles. The molecule has 0 amide bonds. The molecule has 39 heavy (non-hydrogen) atoms. The third kappa shape index (κ3) is 6.41. The zero-order valence-electron chi connectivity index (χ0n) is 22.0. The van der Waals surface area contributed by atoms with Crippen LogP contribution < -0.4 is 4.74 Å². The molecule has 0 aliphatic rings. The quantitative estimate of drug-likeness (QED) is 0.206. The first kappa shape index (κ1) is 25.9. The Labute approximate surface area is 227 Å². The lowest BCUT2D eigenvalue weighted by Crippen LogP contribution is -2.16. The maximum Gasteiger partial charge on any atom is 0.358 e. The van der Waals surface area contributed by atoms with Crippen LogP contribution in [0, 0.1) is 6.92 Å². The molecule has 0 radical (unpaired) electrons. The van der Waals surface area contributed by atoms with Crippen molar-refractivity contribution in [2.45, 2.75) is 33.2 Å². The van der Waals surface area contributed by atoms with Gasteiger partial charge in [-0.3, -0.25) is 0 Å². The number of rotatable bonds is 11. The molecule has 8 nitrogen and oxygen atoms in total. The summed E-state index contributed by atoms with van der Waals surface area (Å²) in [5, 5.41) is 8.57. The second-order valence-electron chi connectivity index (χ2n) is 9.06. The number of carbonyl (C=O) groups is 1. The molecule has 5 aromatic rings. The van der Waals surface area contributed by atoms with Gasteiger partial charge >= 0.3 is 5.97 Å². The number of hydrogen-bond donors (Lipinski definition) is 0. The molecule has 0 bridgehead atoms. The van der Waals surface area contributed by atoms with Crippen molar-refractivity contribution < 1.29 is 18.7 Å². The van der Waals surface area contributed by atoms with Crippen molar-refractivity contribution >= 4 is 5.97 Å². The average molecular weight is 523 g/mol. The molecule has 0 fully saturated rings. The van der Waals surface area contributed by atoms with Crippen LogP contribution in [-0.2, 0) is 24.1 Å². The summed E-state index contributed by atoms with van der Waals surface area (Å²) in [6.07, 6.45) is 1.08. The van der Waals surface area contributed by atoms with Crippen LogP contribution in [0.5, 0.6) is 5.75 Å². The molecule has 2 heterocycles. The topological polar surface area (TPSA) is 92.3 Å². The molecule has 0 aliphatic carbocycles. The zero-order chi connectivity index (χ0) is 27.0. The molecule has 0 saturated carbocycles. The molecule has 0 atom stereocenters. The monoisotopic (exact) mass is 522 g/mol. The van der Waals surface area contributed by atoms with Gasteiger partial charge in [0.2, 0.25) is 5.89 Å². The molecule has 0 aliphatic heterocycles. The third-order valence-corrected chi connectivity index (χ3v) is 6.26. The first-order valence-electron chi connectivity index (χ1n) is 13.0. The molecular formula is C31H30N4O4. The Bertz CT molecular complexity index is 1510. The predicted molar refractivity (Wildman–Crippen MR) is 147 cm³/mol. The molecule has 0 saturated heterocycles. The number of ether oxygens (including phenoxy) is 2. The number of aryl methyl sites for hydroxylation is 1. The molecule has 2 aromatic heterocycles. The highest BCUT2D eigenvalue weighted by molar-refractivity contribution is 5.88. The van der Waals surface area contributed by atoms with E-state index in [9.17, 15) is 4.79 Å². The van der Waals surface area contributed by atoms with Gasteiger partial charge < -0.3 is 13.9 Å². The lowest BCUT2D eigenvalue weighted by atomic mass is 10.1. The van der Waals surface area contributed by atoms with Crippen molar-refractivity contribution in [2.24, 2.45) is 0 Å². The maximum absolute atomic E-state index is 12.8. The van der Waals surface area contributed by atoms with Gasteiger partial charge in [-0.1, -0.05) is 65.9 Å². The lowest BCUT2D eigenvalue weighted by molar-refractivity contribution is 0.0511. The summed E-state index contributed by atoms with van der Waals surface area (Å²) in [4.78, 5) is 17.4. The Balaban J connectivity index is 1.22. The number of nitrogens with zero attached hydrogens (tertiary/aromatic N) is 4. The van der Waals surface area contributed by atoms with E-state index in [4.69, 9.17) is 13.9 Å². The fraction of sp³-hybridized carbons (Fsp3) is 0.226. The van der Waals surface area contributed by atoms with Gasteiger partial charge in [0, 0.05) is 18.4 Å². The fourth-order valence-electron chi connectivity index (χ4n) is 4.28. The Morgan fingerprint density at radius 3 is 2.33 bits per heavy atom. The van der Waals surface area contributed by atoms with Crippen LogP contribution in [0.1, 0.15) is 45.7 Å². The summed E-state index contributed by atoms with van der Waals surface area (Å²) >= 11 is 0. The summed E-state index contributed by atoms with van der Waals surface area (Å²) in [5.41, 5.74) is 4.80. The maximum atomic E-state index is 12.8. The number of oxazole rings is 1. The first-order valence-corrected chi connectivity index (χ1v) is 13.0. The van der Waals surface area contributed by atoms with Gasteiger partial charge in [-0.25, -0.2) is 14.5 Å². The van der Waals surface area contributed by atoms with Crippen molar-refractivity contribution in [3.8, 4) is 17.2 Å². The summed E-state index contributed by atoms with van der Waals surface area (Å²) in [5.74, 6) is 1.74. The second-order valence-corrected chi connectivity index (χ2v) is 9.06. The highest BCUT2D eigenvalue weighted by Crippen LogP contribution is 2.22. The Hall–Kier alpha value is -4.72. The molecular weight excluding hydrogens is 492 g/mol. The van der Waals surface area contributed by atoms with Crippen molar-refractivity contribution in [1.82, 2.24) is 20.0 Å². The predicted octanol–water partition coefficient (Wildman–Crippen LogP) is 5.68. The van der Waals surface area contributed by atoms with Crippen molar-refractivity contribution in [3.05, 3.63) is 119 Å². The van der Waals surface area contributed by atoms with Gasteiger partial charge in [0.1, 0.15) is 17.2 Å². The summed E-state index contributed by atoms with van der Waals surface area (Å²) in [7, 11) is 0. The normalized spacial score (nSPS) is 10.9. The zero-order valence-corrected chi connectivity index (χ0v) is 22.0. The van der Waals surface area contributed by atoms with E-state index in [-0.39, 0.29) is 6.61 Å². The molecule has 0 unspecified atom stereocenters. The van der Waals surface area contributed by atoms with E-state index in [1.807, 2.05) is 91.9 Å². The minimum absolute atomic E-state index is 0.280. The average Bonchev–Trinajstić information content (AvgIpc) is 3.53. The largest absolute Gasteiger partial charge is 0.493 e. The minimum Gasteiger partial charge on any atom is -0.493 e. The van der Waals surface area contributed by atoms with Crippen LogP contribution in [0.4, 0.5) is 0 Å². The van der Waals surface area contributed by atoms with Crippen LogP contribution in [0.25, 0.3) is 11.5 Å². The Morgan fingerprint density at radius 2 is 1.62 bits per heavy atom. The van der Waals surface area contributed by atoms with Gasteiger partial charge in [-0.2, -0.15) is 0 Å². The van der Waals surface area contributed by atoms with Crippen molar-refractivity contribution in [2.75, 3.05) is 13.2 Å². The van der Waals surface area contributed by atoms with Crippen molar-refractivity contribution in [3.63, 3.8) is 0 Å². The highest BCUT2D eigenvalue weighted by Gasteiger charge is 2.22. The Morgan fingerprint density at radius 1 is 0.897 bits per heavy atom. The number of esters is 1. The Kier molecular flexibility index (Phi) is 8.12. The fourth-order valence-corrected chi connectivity index (χ4v) is 4.28. The number of carbonyl (C=O) groups excluding carboxylic acids is 1. The standard InChI is InChI=1S/C31H30N4O4/c1-3-37-31(36)29-28(33-34-35(29)21-24-10-6-4-7-11-24)20-23-14-16-26(17-15-23)38-19-18-27-22(2)39-30(32-27)25-12-8-5-9-13-25/h4-17H,3,18-21H2,1-2H3. The molecule has 198 valence electrons. The highest BCUT2D eigenvalue weighted by atomic mass is 16.5. The van der Waals surface area contributed by atoms with Gasteiger partial charge in [0.05, 0.1) is 25.5 Å². The lowest BCUT2D eigenvalue weighted by Gasteiger charge is -2.09. The SMILES string of the molecule is CCOC(=O)c1c(Cc2ccc(OCCc3nc(-c4ccccc4)oc3C)cc2)nnn1Cc1ccccc1. The third-order valence-electron chi connectivity index (χ3n) is 6.26. The van der Waals surface area contributed by atoms with E-state index in [0.29, 0.717) is 43.3 Å². The molecule has 0 N–H and O–H groups in total. The van der Waals surface area contributed by atoms with Gasteiger partial charge in [-0.05, 0) is 49.2 Å². The van der Waals surface area contributed by atoms with E-state index in [1.54, 1.807) is 11.6 Å². The summed E-state index contributed by atoms with van der Waals surface area (Å²) < 4.78 is 18.7. The second kappa shape index (κ2) is 12.2.